The van der Waals surface area contributed by atoms with Gasteiger partial charge in [-0.05, 0) is 60.4 Å². The van der Waals surface area contributed by atoms with E-state index in [-0.39, 0.29) is 0 Å². The molecule has 0 atom stereocenters. The van der Waals surface area contributed by atoms with Crippen LogP contribution in [0.4, 0.5) is 0 Å². The Kier molecular flexibility index (Phi) is 1.93. The van der Waals surface area contributed by atoms with Crippen molar-refractivity contribution in [1.82, 2.24) is 0 Å². The smallest absolute Gasteiger partial charge is 0.0423 e. The fourth-order valence-electron chi connectivity index (χ4n) is 3.38. The second-order valence-corrected chi connectivity index (χ2v) is 6.05. The van der Waals surface area contributed by atoms with Crippen LogP contribution in [0.25, 0.3) is 0 Å². The average Bonchev–Trinajstić information content (AvgIpc) is 1.97. The summed E-state index contributed by atoms with van der Waals surface area (Å²) >= 11 is 12.0. The molecular formula is C12H13Cl2N. The zero-order chi connectivity index (χ0) is 10.7. The predicted octanol–water partition coefficient (Wildman–Crippen LogP) is 3.37. The fraction of sp³-hybridized carbons (Fsp3) is 0.500. The maximum Gasteiger partial charge on any atom is 0.0423 e. The van der Waals surface area contributed by atoms with Gasteiger partial charge in [-0.25, -0.2) is 0 Å². The Morgan fingerprint density at radius 3 is 2.07 bits per heavy atom. The maximum atomic E-state index is 6.01. The molecule has 80 valence electrons. The molecule has 1 aromatic carbocycles. The monoisotopic (exact) mass is 241 g/mol. The van der Waals surface area contributed by atoms with E-state index in [0.29, 0.717) is 10.8 Å². The number of hydrogen-bond donors (Lipinski definition) is 1. The van der Waals surface area contributed by atoms with Crippen LogP contribution in [0.15, 0.2) is 18.2 Å². The first-order valence-electron chi connectivity index (χ1n) is 5.24. The van der Waals surface area contributed by atoms with Crippen molar-refractivity contribution in [2.24, 2.45) is 11.1 Å². The molecule has 1 aromatic rings. The summed E-state index contributed by atoms with van der Waals surface area (Å²) in [5, 5.41) is 1.48. The van der Waals surface area contributed by atoms with E-state index < -0.39 is 0 Å². The van der Waals surface area contributed by atoms with Crippen LogP contribution in [0.2, 0.25) is 10.0 Å². The van der Waals surface area contributed by atoms with E-state index in [9.17, 15) is 0 Å². The highest BCUT2D eigenvalue weighted by atomic mass is 35.5. The Balaban J connectivity index is 1.90. The Bertz CT molecular complexity index is 388. The van der Waals surface area contributed by atoms with Gasteiger partial charge in [-0.15, -0.1) is 0 Å². The van der Waals surface area contributed by atoms with Gasteiger partial charge in [0.15, 0.2) is 0 Å². The summed E-state index contributed by atoms with van der Waals surface area (Å²) in [5.74, 6) is 0. The Hall–Kier alpha value is -0.240. The molecule has 3 saturated carbocycles. The second kappa shape index (κ2) is 2.91. The van der Waals surface area contributed by atoms with Crippen molar-refractivity contribution in [2.75, 3.05) is 6.54 Å². The predicted molar refractivity (Wildman–Crippen MR) is 63.5 cm³/mol. The van der Waals surface area contributed by atoms with Crippen molar-refractivity contribution in [2.45, 2.75) is 24.7 Å². The molecular weight excluding hydrogens is 229 g/mol. The maximum absolute atomic E-state index is 6.01. The minimum absolute atomic E-state index is 0.355. The minimum atomic E-state index is 0.355. The van der Waals surface area contributed by atoms with Crippen LogP contribution in [0.3, 0.4) is 0 Å². The third-order valence-corrected chi connectivity index (χ3v) is 4.48. The fourth-order valence-corrected chi connectivity index (χ4v) is 3.91. The molecule has 2 N–H and O–H groups in total. The molecule has 3 heteroatoms. The van der Waals surface area contributed by atoms with Crippen LogP contribution in [0, 0.1) is 5.41 Å². The minimum Gasteiger partial charge on any atom is -0.330 e. The normalized spacial score (nSPS) is 37.0. The van der Waals surface area contributed by atoms with E-state index in [1.165, 1.54) is 24.8 Å². The third-order valence-electron chi connectivity index (χ3n) is 4.05. The van der Waals surface area contributed by atoms with Crippen molar-refractivity contribution < 1.29 is 0 Å². The summed E-state index contributed by atoms with van der Waals surface area (Å²) in [5.41, 5.74) is 7.86. The van der Waals surface area contributed by atoms with Crippen LogP contribution >= 0.6 is 23.2 Å². The second-order valence-electron chi connectivity index (χ2n) is 5.17. The summed E-state index contributed by atoms with van der Waals surface area (Å²) in [6.45, 7) is 0.822. The van der Waals surface area contributed by atoms with Crippen molar-refractivity contribution in [1.29, 1.82) is 0 Å². The lowest BCUT2D eigenvalue weighted by atomic mass is 9.33. The standard InChI is InChI=1S/C12H13Cl2N/c13-9-1-8(2-10(14)3-9)12-4-11(5-12,6-12)7-15/h1-3H,4-7,15H2. The molecule has 0 saturated heterocycles. The van der Waals surface area contributed by atoms with Gasteiger partial charge in [0.1, 0.15) is 0 Å². The van der Waals surface area contributed by atoms with Crippen LogP contribution in [-0.2, 0) is 5.41 Å². The van der Waals surface area contributed by atoms with E-state index in [2.05, 4.69) is 0 Å². The van der Waals surface area contributed by atoms with E-state index in [0.717, 1.165) is 16.6 Å². The molecule has 4 rings (SSSR count). The molecule has 3 fully saturated rings. The zero-order valence-electron chi connectivity index (χ0n) is 8.39. The Labute approximate surface area is 99.6 Å². The molecule has 0 aromatic heterocycles. The van der Waals surface area contributed by atoms with E-state index in [4.69, 9.17) is 28.9 Å². The Morgan fingerprint density at radius 2 is 1.60 bits per heavy atom. The molecule has 0 unspecified atom stereocenters. The van der Waals surface area contributed by atoms with Gasteiger partial charge in [0.25, 0.3) is 0 Å². The van der Waals surface area contributed by atoms with E-state index in [1.807, 2.05) is 12.1 Å². The lowest BCUT2D eigenvalue weighted by Gasteiger charge is -2.71. The highest BCUT2D eigenvalue weighted by Gasteiger charge is 2.67. The SMILES string of the molecule is NCC12CC(c3cc(Cl)cc(Cl)c3)(C1)C2. The number of nitrogens with two attached hydrogens (primary N) is 1. The third kappa shape index (κ3) is 1.27. The quantitative estimate of drug-likeness (QED) is 0.845. The molecule has 0 radical (unpaired) electrons. The van der Waals surface area contributed by atoms with Crippen LogP contribution in [0.5, 0.6) is 0 Å². The van der Waals surface area contributed by atoms with Gasteiger partial charge >= 0.3 is 0 Å². The molecule has 0 aliphatic heterocycles. The van der Waals surface area contributed by atoms with Crippen molar-refractivity contribution >= 4 is 23.2 Å². The van der Waals surface area contributed by atoms with Crippen molar-refractivity contribution in [3.8, 4) is 0 Å². The molecule has 3 aliphatic carbocycles. The molecule has 0 amide bonds. The van der Waals surface area contributed by atoms with Gasteiger partial charge in [-0.1, -0.05) is 23.2 Å². The molecule has 2 bridgehead atoms. The molecule has 1 nitrogen and oxygen atoms in total. The lowest BCUT2D eigenvalue weighted by Crippen LogP contribution is -2.67. The van der Waals surface area contributed by atoms with Crippen LogP contribution < -0.4 is 5.73 Å². The van der Waals surface area contributed by atoms with Crippen molar-refractivity contribution in [3.63, 3.8) is 0 Å². The number of rotatable bonds is 2. The molecule has 0 spiro atoms. The molecule has 0 heterocycles. The van der Waals surface area contributed by atoms with Crippen LogP contribution in [0.1, 0.15) is 24.8 Å². The topological polar surface area (TPSA) is 26.0 Å². The largest absolute Gasteiger partial charge is 0.330 e. The molecule has 3 aliphatic rings. The number of benzene rings is 1. The van der Waals surface area contributed by atoms with E-state index in [1.54, 1.807) is 6.07 Å². The summed E-state index contributed by atoms with van der Waals surface area (Å²) in [6, 6.07) is 5.89. The summed E-state index contributed by atoms with van der Waals surface area (Å²) in [4.78, 5) is 0. The summed E-state index contributed by atoms with van der Waals surface area (Å²) < 4.78 is 0. The molecule has 15 heavy (non-hydrogen) atoms. The average molecular weight is 242 g/mol. The van der Waals surface area contributed by atoms with Gasteiger partial charge in [0, 0.05) is 10.0 Å². The van der Waals surface area contributed by atoms with Gasteiger partial charge in [-0.3, -0.25) is 0 Å². The van der Waals surface area contributed by atoms with Gasteiger partial charge in [0.2, 0.25) is 0 Å². The highest BCUT2D eigenvalue weighted by Crippen LogP contribution is 2.73. The Morgan fingerprint density at radius 1 is 1.07 bits per heavy atom. The van der Waals surface area contributed by atoms with Gasteiger partial charge < -0.3 is 5.73 Å². The van der Waals surface area contributed by atoms with Gasteiger partial charge in [-0.2, -0.15) is 0 Å². The van der Waals surface area contributed by atoms with E-state index >= 15 is 0 Å². The van der Waals surface area contributed by atoms with Crippen molar-refractivity contribution in [3.05, 3.63) is 33.8 Å². The number of hydrogen-bond acceptors (Lipinski definition) is 1. The zero-order valence-corrected chi connectivity index (χ0v) is 9.91. The first-order chi connectivity index (χ1) is 7.07. The highest BCUT2D eigenvalue weighted by molar-refractivity contribution is 6.34. The summed E-state index contributed by atoms with van der Waals surface area (Å²) in [6.07, 6.45) is 3.65. The first-order valence-corrected chi connectivity index (χ1v) is 6.00. The number of halogens is 2. The van der Waals surface area contributed by atoms with Crippen LogP contribution in [-0.4, -0.2) is 6.54 Å². The lowest BCUT2D eigenvalue weighted by molar-refractivity contribution is -0.132. The summed E-state index contributed by atoms with van der Waals surface area (Å²) in [7, 11) is 0. The first kappa shape index (κ1) is 9.95. The van der Waals surface area contributed by atoms with Gasteiger partial charge in [0.05, 0.1) is 0 Å².